The lowest BCUT2D eigenvalue weighted by atomic mass is 9.82. The number of alkyl halides is 14. The van der Waals surface area contributed by atoms with Crippen molar-refractivity contribution in [2.45, 2.75) is 47.1 Å². The van der Waals surface area contributed by atoms with Gasteiger partial charge in [0.15, 0.2) is 0 Å². The Kier molecular flexibility index (Phi) is 9.05. The molecule has 2 rings (SSSR count). The first-order chi connectivity index (χ1) is 20.4. The molecule has 2 aliphatic heterocycles. The van der Waals surface area contributed by atoms with Crippen LogP contribution in [0.1, 0.15) is 0 Å². The quantitative estimate of drug-likeness (QED) is 0.188. The molecule has 0 fully saturated rings. The van der Waals surface area contributed by atoms with Crippen molar-refractivity contribution in [1.82, 2.24) is 9.80 Å². The number of rotatable bonds is 11. The van der Waals surface area contributed by atoms with E-state index in [9.17, 15) is 80.6 Å². The first-order valence-corrected chi connectivity index (χ1v) is 11.6. The van der Waals surface area contributed by atoms with Crippen LogP contribution in [0.2, 0.25) is 0 Å². The van der Waals surface area contributed by atoms with Crippen molar-refractivity contribution < 1.29 is 80.6 Å². The number of carbonyl (C=O) groups excluding carboxylic acids is 4. The first-order valence-electron chi connectivity index (χ1n) is 11.6. The second-order valence-corrected chi connectivity index (χ2v) is 9.63. The highest BCUT2D eigenvalue weighted by Gasteiger charge is 2.75. The summed E-state index contributed by atoms with van der Waals surface area (Å²) in [6.45, 7) is -5.55. The zero-order valence-electron chi connectivity index (χ0n) is 22.0. The minimum Gasteiger partial charge on any atom is -0.367 e. The second kappa shape index (κ2) is 11.1. The Morgan fingerprint density at radius 1 is 0.522 bits per heavy atom. The van der Waals surface area contributed by atoms with E-state index >= 15 is 0 Å². The van der Waals surface area contributed by atoms with Crippen LogP contribution in [0.5, 0.6) is 0 Å². The molecule has 2 aliphatic rings. The van der Waals surface area contributed by atoms with Crippen LogP contribution in [0.4, 0.5) is 61.5 Å². The predicted molar refractivity (Wildman–Crippen MR) is 122 cm³/mol. The number of primary amides is 4. The summed E-state index contributed by atoms with van der Waals surface area (Å²) in [4.78, 5) is 48.4. The van der Waals surface area contributed by atoms with Crippen LogP contribution in [0, 0.1) is 0 Å². The van der Waals surface area contributed by atoms with E-state index in [-0.39, 0.29) is 24.6 Å². The molecule has 46 heavy (non-hydrogen) atoms. The highest BCUT2D eigenvalue weighted by Crippen LogP contribution is 2.49. The SMILES string of the molecule is NC(=O)C1(C(N)=O)C=C(C2=CC(C(N)=O)(C(N)=O)N(CC(F)(F)C(F)(F)C(F)(F)F)C=C2)C=CN1CC(F)(F)C(F)(F)C(F)(F)F. The van der Waals surface area contributed by atoms with Gasteiger partial charge < -0.3 is 32.7 Å². The van der Waals surface area contributed by atoms with Crippen LogP contribution in [-0.4, -0.2) is 93.6 Å². The maximum absolute atomic E-state index is 14.2. The molecule has 10 nitrogen and oxygen atoms in total. The number of allylic oxidation sites excluding steroid dienone is 4. The molecular weight excluding hydrogens is 678 g/mol. The molecule has 0 saturated carbocycles. The highest BCUT2D eigenvalue weighted by molar-refractivity contribution is 6.12. The monoisotopic (exact) mass is 696 g/mol. The molecule has 24 heteroatoms. The van der Waals surface area contributed by atoms with Gasteiger partial charge in [-0.15, -0.1) is 0 Å². The van der Waals surface area contributed by atoms with Crippen molar-refractivity contribution in [3.63, 3.8) is 0 Å². The van der Waals surface area contributed by atoms with E-state index in [0.717, 1.165) is 0 Å². The predicted octanol–water partition coefficient (Wildman–Crippen LogP) is 1.58. The molecule has 0 aromatic rings. The number of amides is 4. The Labute approximate surface area is 245 Å². The smallest absolute Gasteiger partial charge is 0.367 e. The summed E-state index contributed by atoms with van der Waals surface area (Å²) < 4.78 is 187. The third kappa shape index (κ3) is 5.67. The minimum atomic E-state index is -6.86. The Bertz CT molecular complexity index is 1300. The zero-order valence-corrected chi connectivity index (χ0v) is 22.0. The Balaban J connectivity index is 2.75. The van der Waals surface area contributed by atoms with Crippen LogP contribution in [0.3, 0.4) is 0 Å². The third-order valence-corrected chi connectivity index (χ3v) is 6.71. The van der Waals surface area contributed by atoms with Gasteiger partial charge in [-0.05, 0) is 35.5 Å². The van der Waals surface area contributed by atoms with Gasteiger partial charge in [0.05, 0.1) is 13.1 Å². The van der Waals surface area contributed by atoms with Crippen LogP contribution in [0.25, 0.3) is 0 Å². The highest BCUT2D eigenvalue weighted by atomic mass is 19.4. The average molecular weight is 696 g/mol. The van der Waals surface area contributed by atoms with Gasteiger partial charge in [0, 0.05) is 12.4 Å². The van der Waals surface area contributed by atoms with Crippen molar-refractivity contribution in [2.75, 3.05) is 13.1 Å². The van der Waals surface area contributed by atoms with Gasteiger partial charge in [0.2, 0.25) is 11.1 Å². The van der Waals surface area contributed by atoms with E-state index in [1.807, 2.05) is 0 Å². The molecule has 4 amide bonds. The molecule has 2 heterocycles. The molecule has 0 aromatic carbocycles. The van der Waals surface area contributed by atoms with Crippen LogP contribution >= 0.6 is 0 Å². The van der Waals surface area contributed by atoms with Gasteiger partial charge in [-0.1, -0.05) is 0 Å². The van der Waals surface area contributed by atoms with E-state index in [1.165, 1.54) is 0 Å². The van der Waals surface area contributed by atoms with E-state index in [2.05, 4.69) is 0 Å². The lowest BCUT2D eigenvalue weighted by Gasteiger charge is -2.43. The van der Waals surface area contributed by atoms with Gasteiger partial charge in [0.1, 0.15) is 0 Å². The fourth-order valence-electron chi connectivity index (χ4n) is 4.14. The summed E-state index contributed by atoms with van der Waals surface area (Å²) >= 11 is 0. The van der Waals surface area contributed by atoms with E-state index in [4.69, 9.17) is 22.9 Å². The molecule has 0 aromatic heterocycles. The summed E-state index contributed by atoms with van der Waals surface area (Å²) in [6, 6.07) is 0. The van der Waals surface area contributed by atoms with Crippen LogP contribution < -0.4 is 22.9 Å². The van der Waals surface area contributed by atoms with Gasteiger partial charge in [-0.3, -0.25) is 19.2 Å². The number of carbonyl (C=O) groups is 4. The fraction of sp³-hybridized carbons (Fsp3) is 0.455. The summed E-state index contributed by atoms with van der Waals surface area (Å²) in [5.41, 5.74) is 11.5. The normalized spacial score (nSPS) is 19.0. The van der Waals surface area contributed by atoms with Crippen molar-refractivity contribution in [2.24, 2.45) is 22.9 Å². The number of hydrogen-bond acceptors (Lipinski definition) is 6. The van der Waals surface area contributed by atoms with Crippen molar-refractivity contribution in [3.8, 4) is 0 Å². The first kappa shape index (κ1) is 37.6. The zero-order chi connectivity index (χ0) is 36.3. The van der Waals surface area contributed by atoms with Crippen LogP contribution in [-0.2, 0) is 19.2 Å². The molecule has 258 valence electrons. The Morgan fingerprint density at radius 3 is 0.957 bits per heavy atom. The molecule has 0 bridgehead atoms. The standard InChI is InChI=1S/C22H18F14N6O4/c23-17(24,19(27,28)21(31,32)33)7-41-3-1-9(5-15(41,11(37)43)12(38)44)10-2-4-42(16(6-10,13(39)45)14(40)46)8-18(25,26)20(29,30)22(34,35)36/h1-6H,7-8H2,(H2,37,43)(H2,38,44)(H2,39,45)(H2,40,46). The minimum absolute atomic E-state index is 0.0977. The van der Waals surface area contributed by atoms with Crippen molar-refractivity contribution in [3.05, 3.63) is 47.9 Å². The number of halogens is 14. The Morgan fingerprint density at radius 2 is 0.761 bits per heavy atom. The molecular formula is C22H18F14N6O4. The van der Waals surface area contributed by atoms with Gasteiger partial charge in [-0.25, -0.2) is 0 Å². The van der Waals surface area contributed by atoms with Crippen molar-refractivity contribution in [1.29, 1.82) is 0 Å². The van der Waals surface area contributed by atoms with E-state index in [1.54, 1.807) is 0 Å². The Hall–Kier alpha value is -4.54. The van der Waals surface area contributed by atoms with Crippen LogP contribution in [0.15, 0.2) is 47.9 Å². The number of nitrogens with two attached hydrogens (primary N) is 4. The topological polar surface area (TPSA) is 179 Å². The summed E-state index contributed by atoms with van der Waals surface area (Å²) in [5, 5.41) is 0. The largest absolute Gasteiger partial charge is 0.459 e. The van der Waals surface area contributed by atoms with Gasteiger partial charge in [0.25, 0.3) is 23.6 Å². The fourth-order valence-corrected chi connectivity index (χ4v) is 4.14. The van der Waals surface area contributed by atoms with Gasteiger partial charge >= 0.3 is 36.0 Å². The summed E-state index contributed by atoms with van der Waals surface area (Å²) in [7, 11) is 0. The van der Waals surface area contributed by atoms with E-state index in [0.29, 0.717) is 12.2 Å². The number of hydrogen-bond donors (Lipinski definition) is 4. The molecule has 0 unspecified atom stereocenters. The summed E-state index contributed by atoms with van der Waals surface area (Å²) in [6.07, 6.45) is -12.4. The molecule has 8 N–H and O–H groups in total. The summed E-state index contributed by atoms with van der Waals surface area (Å²) in [5.74, 6) is -34.1. The number of nitrogens with zero attached hydrogens (tertiary/aromatic N) is 2. The maximum atomic E-state index is 14.2. The molecule has 0 atom stereocenters. The van der Waals surface area contributed by atoms with Gasteiger partial charge in [-0.2, -0.15) is 61.5 Å². The third-order valence-electron chi connectivity index (χ3n) is 6.71. The molecule has 0 radical (unpaired) electrons. The average Bonchev–Trinajstić information content (AvgIpc) is 2.86. The molecule has 0 spiro atoms. The lowest BCUT2D eigenvalue weighted by molar-refractivity contribution is -0.356. The molecule has 0 aliphatic carbocycles. The van der Waals surface area contributed by atoms with E-state index < -0.39 is 105 Å². The maximum Gasteiger partial charge on any atom is 0.459 e. The van der Waals surface area contributed by atoms with Crippen molar-refractivity contribution >= 4 is 23.6 Å². The lowest BCUT2D eigenvalue weighted by Crippen LogP contribution is -2.67. The second-order valence-electron chi connectivity index (χ2n) is 9.63. The molecule has 0 saturated heterocycles.